The van der Waals surface area contributed by atoms with E-state index >= 15 is 0 Å². The quantitative estimate of drug-likeness (QED) is 0.331. The molecule has 1 aliphatic rings. The topological polar surface area (TPSA) is 54.2 Å². The fourth-order valence-electron chi connectivity index (χ4n) is 2.43. The van der Waals surface area contributed by atoms with Crippen LogP contribution in [0.1, 0.15) is 19.3 Å². The van der Waals surface area contributed by atoms with Crippen LogP contribution in [0.15, 0.2) is 35.6 Å². The molecule has 0 unspecified atom stereocenters. The summed E-state index contributed by atoms with van der Waals surface area (Å²) in [6.45, 7) is 2.93. The minimum absolute atomic E-state index is 0. The minimum atomic E-state index is 0. The number of aromatic nitrogens is 2. The van der Waals surface area contributed by atoms with E-state index in [0.29, 0.717) is 0 Å². The molecular weight excluding hydrogens is 389 g/mol. The molecule has 0 saturated heterocycles. The average molecular weight is 413 g/mol. The van der Waals surface area contributed by atoms with Gasteiger partial charge in [-0.3, -0.25) is 4.99 Å². The number of nitrogens with one attached hydrogen (secondary N) is 2. The lowest BCUT2D eigenvalue weighted by atomic mass is 10.3. The van der Waals surface area contributed by atoms with Gasteiger partial charge in [0.2, 0.25) is 0 Å². The lowest BCUT2D eigenvalue weighted by Crippen LogP contribution is -2.38. The normalized spacial score (nSPS) is 14.7. The Labute approximate surface area is 148 Å². The van der Waals surface area contributed by atoms with Gasteiger partial charge in [0.25, 0.3) is 0 Å². The Balaban J connectivity index is 0.00000176. The molecule has 0 bridgehead atoms. The van der Waals surface area contributed by atoms with E-state index in [-0.39, 0.29) is 24.0 Å². The molecule has 1 saturated carbocycles. The monoisotopic (exact) mass is 413 g/mol. The zero-order valence-electron chi connectivity index (χ0n) is 13.0. The fourth-order valence-corrected chi connectivity index (χ4v) is 2.43. The van der Waals surface area contributed by atoms with E-state index in [9.17, 15) is 0 Å². The molecule has 120 valence electrons. The fraction of sp³-hybridized carbons (Fsp3) is 0.500. The van der Waals surface area contributed by atoms with Crippen LogP contribution < -0.4 is 10.6 Å². The summed E-state index contributed by atoms with van der Waals surface area (Å²) in [6, 6.07) is 8.25. The first-order valence-corrected chi connectivity index (χ1v) is 7.71. The lowest BCUT2D eigenvalue weighted by Gasteiger charge is -2.11. The van der Waals surface area contributed by atoms with Crippen LogP contribution >= 0.6 is 24.0 Å². The van der Waals surface area contributed by atoms with E-state index in [1.165, 1.54) is 18.4 Å². The van der Waals surface area contributed by atoms with Gasteiger partial charge < -0.3 is 15.2 Å². The molecule has 0 spiro atoms. The number of rotatable bonds is 6. The number of nitrogens with zero attached hydrogens (tertiary/aromatic N) is 3. The van der Waals surface area contributed by atoms with E-state index in [2.05, 4.69) is 37.3 Å². The smallest absolute Gasteiger partial charge is 0.190 e. The van der Waals surface area contributed by atoms with Crippen molar-refractivity contribution in [2.75, 3.05) is 20.1 Å². The number of halogens is 1. The first-order chi connectivity index (χ1) is 10.4. The Kier molecular flexibility index (Phi) is 6.48. The summed E-state index contributed by atoms with van der Waals surface area (Å²) < 4.78 is 2.21. The molecule has 0 aliphatic heterocycles. The number of aryl methyl sites for hydroxylation is 1. The van der Waals surface area contributed by atoms with Crippen LogP contribution in [0, 0.1) is 5.92 Å². The standard InChI is InChI=1S/C16H23N5.HI/c1-17-16(19-11-13-7-8-13)18-9-4-10-21-12-20-14-5-2-3-6-15(14)21;/h2-3,5-6,12-13H,4,7-11H2,1H3,(H2,17,18,19);1H. The number of imidazole rings is 1. The van der Waals surface area contributed by atoms with Gasteiger partial charge in [-0.05, 0) is 37.3 Å². The Bertz CT molecular complexity index is 618. The summed E-state index contributed by atoms with van der Waals surface area (Å²) in [5, 5.41) is 6.74. The molecule has 1 aromatic carbocycles. The van der Waals surface area contributed by atoms with Crippen molar-refractivity contribution in [2.45, 2.75) is 25.8 Å². The van der Waals surface area contributed by atoms with Crippen LogP contribution in [0.5, 0.6) is 0 Å². The second kappa shape index (κ2) is 8.36. The van der Waals surface area contributed by atoms with Gasteiger partial charge in [-0.25, -0.2) is 4.98 Å². The van der Waals surface area contributed by atoms with Gasteiger partial charge in [0.15, 0.2) is 5.96 Å². The van der Waals surface area contributed by atoms with Crippen molar-refractivity contribution in [3.8, 4) is 0 Å². The molecule has 0 amide bonds. The molecule has 0 atom stereocenters. The Morgan fingerprint density at radius 3 is 2.91 bits per heavy atom. The van der Waals surface area contributed by atoms with Crippen molar-refractivity contribution in [1.29, 1.82) is 0 Å². The largest absolute Gasteiger partial charge is 0.356 e. The van der Waals surface area contributed by atoms with Crippen molar-refractivity contribution in [3.63, 3.8) is 0 Å². The third-order valence-corrected chi connectivity index (χ3v) is 3.87. The third-order valence-electron chi connectivity index (χ3n) is 3.87. The summed E-state index contributed by atoms with van der Waals surface area (Å²) >= 11 is 0. The van der Waals surface area contributed by atoms with Crippen LogP contribution in [0.3, 0.4) is 0 Å². The van der Waals surface area contributed by atoms with Crippen LogP contribution in [-0.2, 0) is 6.54 Å². The van der Waals surface area contributed by atoms with Crippen LogP contribution in [0.25, 0.3) is 11.0 Å². The zero-order valence-corrected chi connectivity index (χ0v) is 15.3. The number of para-hydroxylation sites is 2. The summed E-state index contributed by atoms with van der Waals surface area (Å²) in [4.78, 5) is 8.66. The van der Waals surface area contributed by atoms with Gasteiger partial charge >= 0.3 is 0 Å². The molecule has 5 nitrogen and oxygen atoms in total. The number of guanidine groups is 1. The predicted molar refractivity (Wildman–Crippen MR) is 102 cm³/mol. The van der Waals surface area contributed by atoms with Gasteiger partial charge in [-0.2, -0.15) is 0 Å². The van der Waals surface area contributed by atoms with Crippen molar-refractivity contribution >= 4 is 41.0 Å². The van der Waals surface area contributed by atoms with Crippen molar-refractivity contribution in [3.05, 3.63) is 30.6 Å². The van der Waals surface area contributed by atoms with E-state index in [1.807, 2.05) is 25.5 Å². The average Bonchev–Trinajstić information content (AvgIpc) is 3.26. The van der Waals surface area contributed by atoms with E-state index in [1.54, 1.807) is 0 Å². The summed E-state index contributed by atoms with van der Waals surface area (Å²) in [7, 11) is 1.83. The molecule has 1 aromatic heterocycles. The molecule has 1 fully saturated rings. The predicted octanol–water partition coefficient (Wildman–Crippen LogP) is 2.62. The SMILES string of the molecule is CN=C(NCCCn1cnc2ccccc21)NCC1CC1.I. The minimum Gasteiger partial charge on any atom is -0.356 e. The van der Waals surface area contributed by atoms with E-state index in [4.69, 9.17) is 0 Å². The third kappa shape index (κ3) is 4.59. The molecule has 2 N–H and O–H groups in total. The first-order valence-electron chi connectivity index (χ1n) is 7.71. The molecule has 1 aliphatic carbocycles. The molecule has 22 heavy (non-hydrogen) atoms. The molecule has 3 rings (SSSR count). The number of hydrogen-bond acceptors (Lipinski definition) is 2. The van der Waals surface area contributed by atoms with Crippen LogP contribution in [0.4, 0.5) is 0 Å². The summed E-state index contributed by atoms with van der Waals surface area (Å²) in [6.07, 6.45) is 5.69. The number of fused-ring (bicyclic) bond motifs is 1. The Morgan fingerprint density at radius 1 is 1.32 bits per heavy atom. The summed E-state index contributed by atoms with van der Waals surface area (Å²) in [5.41, 5.74) is 2.26. The highest BCUT2D eigenvalue weighted by Gasteiger charge is 2.20. The number of benzene rings is 1. The highest BCUT2D eigenvalue weighted by Crippen LogP contribution is 2.27. The van der Waals surface area contributed by atoms with Crippen molar-refractivity contribution in [2.24, 2.45) is 10.9 Å². The first kappa shape index (κ1) is 17.1. The molecule has 1 heterocycles. The second-order valence-electron chi connectivity index (χ2n) is 5.60. The Morgan fingerprint density at radius 2 is 2.14 bits per heavy atom. The number of aliphatic imine (C=N–C) groups is 1. The van der Waals surface area contributed by atoms with Gasteiger partial charge in [0, 0.05) is 26.7 Å². The molecule has 0 radical (unpaired) electrons. The van der Waals surface area contributed by atoms with Crippen molar-refractivity contribution < 1.29 is 0 Å². The highest BCUT2D eigenvalue weighted by molar-refractivity contribution is 14.0. The van der Waals surface area contributed by atoms with Crippen molar-refractivity contribution in [1.82, 2.24) is 20.2 Å². The van der Waals surface area contributed by atoms with E-state index in [0.717, 1.165) is 43.4 Å². The maximum Gasteiger partial charge on any atom is 0.190 e. The zero-order chi connectivity index (χ0) is 14.5. The van der Waals surface area contributed by atoms with Crippen LogP contribution in [-0.4, -0.2) is 35.6 Å². The molecule has 2 aromatic rings. The maximum atomic E-state index is 4.41. The van der Waals surface area contributed by atoms with Gasteiger partial charge in [-0.15, -0.1) is 24.0 Å². The maximum absolute atomic E-state index is 4.41. The van der Waals surface area contributed by atoms with Crippen LogP contribution in [0.2, 0.25) is 0 Å². The van der Waals surface area contributed by atoms with Gasteiger partial charge in [-0.1, -0.05) is 12.1 Å². The Hall–Kier alpha value is -1.31. The van der Waals surface area contributed by atoms with Gasteiger partial charge in [0.1, 0.15) is 0 Å². The molecule has 6 heteroatoms. The second-order valence-corrected chi connectivity index (χ2v) is 5.60. The number of hydrogen-bond donors (Lipinski definition) is 2. The lowest BCUT2D eigenvalue weighted by molar-refractivity contribution is 0.634. The molecular formula is C16H24IN5. The summed E-state index contributed by atoms with van der Waals surface area (Å²) in [5.74, 6) is 1.78. The van der Waals surface area contributed by atoms with E-state index < -0.39 is 0 Å². The van der Waals surface area contributed by atoms with Gasteiger partial charge in [0.05, 0.1) is 17.4 Å². The highest BCUT2D eigenvalue weighted by atomic mass is 127.